The van der Waals surface area contributed by atoms with E-state index < -0.39 is 46.0 Å². The average Bonchev–Trinajstić information content (AvgIpc) is 2.44. The lowest BCUT2D eigenvalue weighted by Gasteiger charge is -2.13. The lowest BCUT2D eigenvalue weighted by molar-refractivity contribution is 0.0675. The molecule has 8 heteroatoms. The van der Waals surface area contributed by atoms with E-state index >= 15 is 0 Å². The van der Waals surface area contributed by atoms with Gasteiger partial charge in [-0.1, -0.05) is 0 Å². The molecule has 0 atom stereocenters. The molecule has 0 saturated heterocycles. The van der Waals surface area contributed by atoms with Gasteiger partial charge >= 0.3 is 11.9 Å². The number of carbonyl (C=O) groups is 4. The number of nitrogens with one attached hydrogen (secondary N) is 2. The van der Waals surface area contributed by atoms with Crippen molar-refractivity contribution in [2.45, 2.75) is 6.92 Å². The van der Waals surface area contributed by atoms with Gasteiger partial charge in [-0.15, -0.1) is 0 Å². The van der Waals surface area contributed by atoms with Crippen molar-refractivity contribution in [2.75, 3.05) is 13.6 Å². The molecule has 0 unspecified atom stereocenters. The summed E-state index contributed by atoms with van der Waals surface area (Å²) in [6, 6.07) is 1.97. The zero-order chi connectivity index (χ0) is 16.2. The van der Waals surface area contributed by atoms with Crippen LogP contribution >= 0.6 is 0 Å². The monoisotopic (exact) mass is 294 g/mol. The normalized spacial score (nSPS) is 9.81. The van der Waals surface area contributed by atoms with Gasteiger partial charge in [0.2, 0.25) is 0 Å². The summed E-state index contributed by atoms with van der Waals surface area (Å²) in [5.74, 6) is -4.54. The van der Waals surface area contributed by atoms with Crippen LogP contribution in [0.3, 0.4) is 0 Å². The van der Waals surface area contributed by atoms with Crippen LogP contribution in [0.4, 0.5) is 0 Å². The van der Waals surface area contributed by atoms with Crippen LogP contribution in [0.25, 0.3) is 0 Å². The number of carbonyl (C=O) groups excluding carboxylic acids is 2. The van der Waals surface area contributed by atoms with E-state index in [1.807, 2.05) is 0 Å². The van der Waals surface area contributed by atoms with E-state index in [0.29, 0.717) is 0 Å². The fraction of sp³-hybridized carbons (Fsp3) is 0.231. The van der Waals surface area contributed by atoms with E-state index in [0.717, 1.165) is 12.1 Å². The summed E-state index contributed by atoms with van der Waals surface area (Å²) in [5.41, 5.74) is -1.83. The first-order valence-corrected chi connectivity index (χ1v) is 5.99. The molecule has 4 N–H and O–H groups in total. The summed E-state index contributed by atoms with van der Waals surface area (Å²) in [5, 5.41) is 22.8. The van der Waals surface area contributed by atoms with Crippen molar-refractivity contribution >= 4 is 23.8 Å². The second-order valence-corrected chi connectivity index (χ2v) is 3.96. The van der Waals surface area contributed by atoms with Gasteiger partial charge in [-0.05, 0) is 19.1 Å². The molecule has 21 heavy (non-hydrogen) atoms. The van der Waals surface area contributed by atoms with Crippen molar-refractivity contribution in [3.8, 4) is 0 Å². The maximum absolute atomic E-state index is 12.0. The summed E-state index contributed by atoms with van der Waals surface area (Å²) >= 11 is 0. The number of hydrogen-bond donors (Lipinski definition) is 4. The third-order valence-corrected chi connectivity index (χ3v) is 2.68. The van der Waals surface area contributed by atoms with E-state index in [9.17, 15) is 19.2 Å². The number of hydrogen-bond acceptors (Lipinski definition) is 4. The Balaban J connectivity index is 3.76. The Kier molecular flexibility index (Phi) is 5.01. The molecule has 1 aromatic rings. The van der Waals surface area contributed by atoms with Gasteiger partial charge in [-0.3, -0.25) is 9.59 Å². The average molecular weight is 294 g/mol. The second kappa shape index (κ2) is 6.51. The summed E-state index contributed by atoms with van der Waals surface area (Å²) in [7, 11) is 1.25. The van der Waals surface area contributed by atoms with Crippen molar-refractivity contribution in [2.24, 2.45) is 0 Å². The largest absolute Gasteiger partial charge is 0.478 e. The van der Waals surface area contributed by atoms with Crippen molar-refractivity contribution in [3.63, 3.8) is 0 Å². The van der Waals surface area contributed by atoms with Gasteiger partial charge in [0, 0.05) is 13.6 Å². The van der Waals surface area contributed by atoms with Gasteiger partial charge in [-0.25, -0.2) is 9.59 Å². The van der Waals surface area contributed by atoms with Crippen LogP contribution in [-0.2, 0) is 0 Å². The van der Waals surface area contributed by atoms with Gasteiger partial charge in [0.1, 0.15) is 0 Å². The fourth-order valence-electron chi connectivity index (χ4n) is 1.80. The van der Waals surface area contributed by atoms with Gasteiger partial charge in [0.15, 0.2) is 0 Å². The molecule has 0 aromatic heterocycles. The zero-order valence-electron chi connectivity index (χ0n) is 11.4. The number of rotatable bonds is 5. The predicted octanol–water partition coefficient (Wildman–Crippen LogP) is 0.192. The van der Waals surface area contributed by atoms with Crippen LogP contribution in [0.5, 0.6) is 0 Å². The number of aromatic carboxylic acids is 2. The molecule has 1 rings (SSSR count). The molecule has 0 aliphatic carbocycles. The Bertz CT molecular complexity index is 623. The van der Waals surface area contributed by atoms with Crippen molar-refractivity contribution < 1.29 is 29.4 Å². The molecule has 0 heterocycles. The van der Waals surface area contributed by atoms with Crippen LogP contribution in [0.2, 0.25) is 0 Å². The Labute approximate surface area is 119 Å². The summed E-state index contributed by atoms with van der Waals surface area (Å²) in [6.07, 6.45) is 0. The molecular formula is C13H14N2O6. The molecule has 0 fully saturated rings. The van der Waals surface area contributed by atoms with Crippen LogP contribution in [-0.4, -0.2) is 47.6 Å². The first-order valence-electron chi connectivity index (χ1n) is 5.99. The third kappa shape index (κ3) is 3.16. The van der Waals surface area contributed by atoms with Crippen LogP contribution in [0, 0.1) is 0 Å². The van der Waals surface area contributed by atoms with Crippen molar-refractivity contribution in [3.05, 3.63) is 34.4 Å². The Morgan fingerprint density at radius 2 is 1.38 bits per heavy atom. The minimum Gasteiger partial charge on any atom is -0.478 e. The highest BCUT2D eigenvalue weighted by Crippen LogP contribution is 2.20. The van der Waals surface area contributed by atoms with Gasteiger partial charge in [-0.2, -0.15) is 0 Å². The third-order valence-electron chi connectivity index (χ3n) is 2.68. The van der Waals surface area contributed by atoms with Crippen LogP contribution < -0.4 is 10.6 Å². The highest BCUT2D eigenvalue weighted by molar-refractivity contribution is 6.16. The molecule has 2 amide bonds. The lowest BCUT2D eigenvalue weighted by Crippen LogP contribution is -2.31. The minimum atomic E-state index is -1.43. The molecule has 0 aliphatic rings. The maximum Gasteiger partial charge on any atom is 0.336 e. The SMILES string of the molecule is CCNC(=O)c1c(C(=O)O)ccc(C(=O)O)c1C(=O)NC. The Morgan fingerprint density at radius 3 is 1.71 bits per heavy atom. The minimum absolute atomic E-state index is 0.197. The van der Waals surface area contributed by atoms with E-state index in [2.05, 4.69) is 10.6 Å². The molecule has 0 bridgehead atoms. The standard InChI is InChI=1S/C13H14N2O6/c1-3-15-11(17)9-7(13(20)21)5-4-6(12(18)19)8(9)10(16)14-2/h4-5H,3H2,1-2H3,(H,14,16)(H,15,17)(H,18,19)(H,20,21). The molecule has 0 saturated carbocycles. The number of carboxylic acid groups (broad SMARTS) is 2. The topological polar surface area (TPSA) is 133 Å². The molecule has 0 radical (unpaired) electrons. The summed E-state index contributed by atoms with van der Waals surface area (Å²) < 4.78 is 0. The number of carboxylic acids is 2. The summed E-state index contributed by atoms with van der Waals surface area (Å²) in [4.78, 5) is 46.3. The number of amides is 2. The lowest BCUT2D eigenvalue weighted by atomic mass is 9.94. The predicted molar refractivity (Wildman–Crippen MR) is 71.8 cm³/mol. The molecule has 0 aliphatic heterocycles. The Morgan fingerprint density at radius 1 is 0.952 bits per heavy atom. The maximum atomic E-state index is 12.0. The fourth-order valence-corrected chi connectivity index (χ4v) is 1.80. The van der Waals surface area contributed by atoms with Gasteiger partial charge in [0.05, 0.1) is 22.3 Å². The smallest absolute Gasteiger partial charge is 0.336 e. The quantitative estimate of drug-likeness (QED) is 0.613. The van der Waals surface area contributed by atoms with E-state index in [-0.39, 0.29) is 6.54 Å². The zero-order valence-corrected chi connectivity index (χ0v) is 11.4. The van der Waals surface area contributed by atoms with Crippen molar-refractivity contribution in [1.82, 2.24) is 10.6 Å². The van der Waals surface area contributed by atoms with Crippen molar-refractivity contribution in [1.29, 1.82) is 0 Å². The highest BCUT2D eigenvalue weighted by Gasteiger charge is 2.28. The van der Waals surface area contributed by atoms with E-state index in [4.69, 9.17) is 10.2 Å². The molecule has 112 valence electrons. The molecule has 8 nitrogen and oxygen atoms in total. The highest BCUT2D eigenvalue weighted by atomic mass is 16.4. The van der Waals surface area contributed by atoms with Gasteiger partial charge in [0.25, 0.3) is 11.8 Å². The van der Waals surface area contributed by atoms with Crippen LogP contribution in [0.15, 0.2) is 12.1 Å². The van der Waals surface area contributed by atoms with E-state index in [1.165, 1.54) is 7.05 Å². The molecule has 1 aromatic carbocycles. The first kappa shape index (κ1) is 16.2. The van der Waals surface area contributed by atoms with Gasteiger partial charge < -0.3 is 20.8 Å². The molecular weight excluding hydrogens is 280 g/mol. The molecule has 0 spiro atoms. The first-order chi connectivity index (χ1) is 9.84. The summed E-state index contributed by atoms with van der Waals surface area (Å²) in [6.45, 7) is 1.81. The second-order valence-electron chi connectivity index (χ2n) is 3.96. The van der Waals surface area contributed by atoms with Crippen LogP contribution in [0.1, 0.15) is 48.4 Å². The van der Waals surface area contributed by atoms with E-state index in [1.54, 1.807) is 6.92 Å². The number of benzene rings is 1. The Hall–Kier alpha value is -2.90.